The van der Waals surface area contributed by atoms with E-state index < -0.39 is 0 Å². The summed E-state index contributed by atoms with van der Waals surface area (Å²) in [6.45, 7) is 1.36. The molecule has 4 rings (SSSR count). The first-order chi connectivity index (χ1) is 13.2. The van der Waals surface area contributed by atoms with Gasteiger partial charge in [0.2, 0.25) is 5.91 Å². The Labute approximate surface area is 159 Å². The Kier molecular flexibility index (Phi) is 5.19. The van der Waals surface area contributed by atoms with Crippen LogP contribution in [0.25, 0.3) is 0 Å². The van der Waals surface area contributed by atoms with Crippen LogP contribution >= 0.6 is 0 Å². The van der Waals surface area contributed by atoms with E-state index in [1.165, 1.54) is 11.1 Å². The summed E-state index contributed by atoms with van der Waals surface area (Å²) in [6.07, 6.45) is 7.60. The number of hydrogen-bond acceptors (Lipinski definition) is 3. The highest BCUT2D eigenvalue weighted by Gasteiger charge is 2.27. The summed E-state index contributed by atoms with van der Waals surface area (Å²) in [5.74, 6) is 0.523. The second kappa shape index (κ2) is 7.91. The quantitative estimate of drug-likeness (QED) is 0.908. The number of hydrogen-bond donors (Lipinski definition) is 1. The molecule has 1 unspecified atom stereocenters. The first-order valence-corrected chi connectivity index (χ1v) is 9.77. The largest absolute Gasteiger partial charge is 0.353 e. The van der Waals surface area contributed by atoms with E-state index in [9.17, 15) is 9.59 Å². The maximum absolute atomic E-state index is 12.5. The third-order valence-electron chi connectivity index (χ3n) is 5.76. The van der Waals surface area contributed by atoms with Crippen LogP contribution in [-0.2, 0) is 11.2 Å². The van der Waals surface area contributed by atoms with Crippen LogP contribution in [0.2, 0.25) is 0 Å². The fraction of sp³-hybridized carbons (Fsp3) is 0.409. The molecule has 0 saturated carbocycles. The number of amides is 2. The minimum atomic E-state index is 0.0461. The van der Waals surface area contributed by atoms with Crippen molar-refractivity contribution in [2.24, 2.45) is 0 Å². The van der Waals surface area contributed by atoms with Crippen LogP contribution in [0.3, 0.4) is 0 Å². The highest BCUT2D eigenvalue weighted by molar-refractivity contribution is 5.94. The summed E-state index contributed by atoms with van der Waals surface area (Å²) in [4.78, 5) is 30.8. The van der Waals surface area contributed by atoms with Gasteiger partial charge in [-0.3, -0.25) is 14.6 Å². The molecule has 1 aromatic heterocycles. The zero-order valence-corrected chi connectivity index (χ0v) is 15.4. The van der Waals surface area contributed by atoms with Gasteiger partial charge >= 0.3 is 0 Å². The number of piperidine rings is 1. The fourth-order valence-electron chi connectivity index (χ4n) is 4.27. The molecule has 140 valence electrons. The number of carbonyl (C=O) groups is 2. The van der Waals surface area contributed by atoms with Crippen molar-refractivity contribution in [1.29, 1.82) is 0 Å². The van der Waals surface area contributed by atoms with E-state index in [0.29, 0.717) is 31.0 Å². The van der Waals surface area contributed by atoms with Crippen molar-refractivity contribution in [2.45, 2.75) is 44.1 Å². The Morgan fingerprint density at radius 3 is 2.56 bits per heavy atom. The Morgan fingerprint density at radius 2 is 1.78 bits per heavy atom. The van der Waals surface area contributed by atoms with Gasteiger partial charge in [0.25, 0.3) is 5.91 Å². The van der Waals surface area contributed by atoms with Crippen molar-refractivity contribution in [2.75, 3.05) is 13.1 Å². The number of aryl methyl sites for hydroxylation is 1. The number of pyridine rings is 1. The zero-order valence-electron chi connectivity index (χ0n) is 15.4. The second-order valence-electron chi connectivity index (χ2n) is 7.51. The summed E-state index contributed by atoms with van der Waals surface area (Å²) in [5, 5.41) is 3.19. The summed E-state index contributed by atoms with van der Waals surface area (Å²) in [6, 6.07) is 12.1. The molecule has 2 amide bonds. The van der Waals surface area contributed by atoms with Gasteiger partial charge in [-0.15, -0.1) is 0 Å². The normalized spacial score (nSPS) is 19.6. The molecule has 0 radical (unpaired) electrons. The lowest BCUT2D eigenvalue weighted by Crippen LogP contribution is -2.46. The van der Waals surface area contributed by atoms with E-state index in [4.69, 9.17) is 0 Å². The fourth-order valence-corrected chi connectivity index (χ4v) is 4.27. The van der Waals surface area contributed by atoms with Crippen molar-refractivity contribution in [3.63, 3.8) is 0 Å². The number of nitrogens with zero attached hydrogens (tertiary/aromatic N) is 2. The molecular weight excluding hydrogens is 338 g/mol. The van der Waals surface area contributed by atoms with Crippen molar-refractivity contribution >= 4 is 11.8 Å². The van der Waals surface area contributed by atoms with Crippen molar-refractivity contribution in [3.8, 4) is 0 Å². The van der Waals surface area contributed by atoms with Crippen molar-refractivity contribution in [3.05, 3.63) is 65.5 Å². The van der Waals surface area contributed by atoms with Crippen molar-refractivity contribution < 1.29 is 9.59 Å². The van der Waals surface area contributed by atoms with Gasteiger partial charge in [-0.05, 0) is 54.9 Å². The van der Waals surface area contributed by atoms with Gasteiger partial charge in [0, 0.05) is 43.5 Å². The molecule has 1 saturated heterocycles. The van der Waals surface area contributed by atoms with Crippen LogP contribution in [0.4, 0.5) is 0 Å². The van der Waals surface area contributed by atoms with Crippen LogP contribution in [0.15, 0.2) is 48.8 Å². The Bertz CT molecular complexity index is 813. The topological polar surface area (TPSA) is 62.3 Å². The Balaban J connectivity index is 1.26. The van der Waals surface area contributed by atoms with Gasteiger partial charge in [-0.2, -0.15) is 0 Å². The molecule has 2 aromatic rings. The van der Waals surface area contributed by atoms with Crippen LogP contribution in [0, 0.1) is 0 Å². The Morgan fingerprint density at radius 1 is 1.04 bits per heavy atom. The van der Waals surface area contributed by atoms with Gasteiger partial charge in [0.15, 0.2) is 0 Å². The number of fused-ring (bicyclic) bond motifs is 1. The van der Waals surface area contributed by atoms with Crippen LogP contribution in [0.5, 0.6) is 0 Å². The van der Waals surface area contributed by atoms with Crippen LogP contribution < -0.4 is 5.32 Å². The SMILES string of the molecule is O=C(CC1CCc2ccccc21)NC1CCN(C(=O)c2ccncc2)CC1. The van der Waals surface area contributed by atoms with E-state index in [-0.39, 0.29) is 17.9 Å². The minimum absolute atomic E-state index is 0.0461. The molecule has 1 N–H and O–H groups in total. The molecule has 1 aliphatic carbocycles. The molecule has 1 aliphatic heterocycles. The second-order valence-corrected chi connectivity index (χ2v) is 7.51. The smallest absolute Gasteiger partial charge is 0.253 e. The number of carbonyl (C=O) groups excluding carboxylic acids is 2. The molecule has 1 atom stereocenters. The van der Waals surface area contributed by atoms with E-state index in [0.717, 1.165) is 25.7 Å². The molecule has 1 fully saturated rings. The molecule has 0 spiro atoms. The molecule has 5 nitrogen and oxygen atoms in total. The predicted molar refractivity (Wildman–Crippen MR) is 103 cm³/mol. The first-order valence-electron chi connectivity index (χ1n) is 9.77. The third-order valence-corrected chi connectivity index (χ3v) is 5.76. The van der Waals surface area contributed by atoms with E-state index in [2.05, 4.69) is 34.6 Å². The number of benzene rings is 1. The highest BCUT2D eigenvalue weighted by atomic mass is 16.2. The standard InChI is InChI=1S/C22H25N3O2/c26-21(15-18-6-5-16-3-1-2-4-20(16)18)24-19-9-13-25(14-10-19)22(27)17-7-11-23-12-8-17/h1-4,7-8,11-12,18-19H,5-6,9-10,13-15H2,(H,24,26). The Hall–Kier alpha value is -2.69. The average molecular weight is 363 g/mol. The van der Waals surface area contributed by atoms with Gasteiger partial charge in [-0.1, -0.05) is 24.3 Å². The first kappa shape index (κ1) is 17.7. The molecule has 1 aromatic carbocycles. The minimum Gasteiger partial charge on any atom is -0.353 e. The third kappa shape index (κ3) is 4.02. The number of aromatic nitrogens is 1. The molecule has 5 heteroatoms. The van der Waals surface area contributed by atoms with Crippen molar-refractivity contribution in [1.82, 2.24) is 15.2 Å². The summed E-state index contributed by atoms with van der Waals surface area (Å²) in [5.41, 5.74) is 3.40. The molecule has 2 aliphatic rings. The maximum atomic E-state index is 12.5. The van der Waals surface area contributed by atoms with E-state index in [1.54, 1.807) is 24.5 Å². The van der Waals surface area contributed by atoms with E-state index in [1.807, 2.05) is 4.90 Å². The van der Waals surface area contributed by atoms with Gasteiger partial charge < -0.3 is 10.2 Å². The molecule has 2 heterocycles. The van der Waals surface area contributed by atoms with Gasteiger partial charge in [0.1, 0.15) is 0 Å². The van der Waals surface area contributed by atoms with E-state index >= 15 is 0 Å². The summed E-state index contributed by atoms with van der Waals surface area (Å²) in [7, 11) is 0. The molecule has 27 heavy (non-hydrogen) atoms. The van der Waals surface area contributed by atoms with Gasteiger partial charge in [-0.25, -0.2) is 0 Å². The predicted octanol–water partition coefficient (Wildman–Crippen LogP) is 2.92. The number of likely N-dealkylation sites (tertiary alicyclic amines) is 1. The number of rotatable bonds is 4. The summed E-state index contributed by atoms with van der Waals surface area (Å²) >= 11 is 0. The lowest BCUT2D eigenvalue weighted by Gasteiger charge is -2.32. The lowest BCUT2D eigenvalue weighted by atomic mass is 9.96. The lowest BCUT2D eigenvalue weighted by molar-refractivity contribution is -0.122. The summed E-state index contributed by atoms with van der Waals surface area (Å²) < 4.78 is 0. The monoisotopic (exact) mass is 363 g/mol. The van der Waals surface area contributed by atoms with Gasteiger partial charge in [0.05, 0.1) is 0 Å². The van der Waals surface area contributed by atoms with Crippen LogP contribution in [-0.4, -0.2) is 40.8 Å². The molecule has 0 bridgehead atoms. The van der Waals surface area contributed by atoms with Crippen LogP contribution in [0.1, 0.15) is 53.1 Å². The highest BCUT2D eigenvalue weighted by Crippen LogP contribution is 2.35. The zero-order chi connectivity index (χ0) is 18.6. The average Bonchev–Trinajstić information content (AvgIpc) is 3.11. The molecular formula is C22H25N3O2. The number of nitrogens with one attached hydrogen (secondary N) is 1. The maximum Gasteiger partial charge on any atom is 0.253 e.